The third-order valence-electron chi connectivity index (χ3n) is 9.40. The molecule has 1 aromatic heterocycles. The van der Waals surface area contributed by atoms with Crippen LogP contribution in [0.2, 0.25) is 0 Å². The molecule has 0 amide bonds. The molecule has 246 valence electrons. The Hall–Kier alpha value is -2.30. The second kappa shape index (κ2) is 17.3. The summed E-state index contributed by atoms with van der Waals surface area (Å²) in [5.74, 6) is -2.92. The number of hydroxylamine groups is 2. The van der Waals surface area contributed by atoms with Gasteiger partial charge < -0.3 is 20.9 Å². The molecule has 10 nitrogen and oxygen atoms in total. The first-order valence-electron chi connectivity index (χ1n) is 16.5. The number of carboxylic acids is 2. The van der Waals surface area contributed by atoms with Gasteiger partial charge in [0.2, 0.25) is 0 Å². The van der Waals surface area contributed by atoms with Gasteiger partial charge in [0.15, 0.2) is 5.78 Å². The lowest BCUT2D eigenvalue weighted by molar-refractivity contribution is -0.303. The van der Waals surface area contributed by atoms with Gasteiger partial charge in [-0.05, 0) is 59.8 Å². The lowest BCUT2D eigenvalue weighted by Crippen LogP contribution is -2.68. The number of imidazole rings is 1. The first-order valence-corrected chi connectivity index (χ1v) is 16.5. The molecule has 43 heavy (non-hydrogen) atoms. The lowest BCUT2D eigenvalue weighted by atomic mass is 9.56. The predicted molar refractivity (Wildman–Crippen MR) is 167 cm³/mol. The maximum absolute atomic E-state index is 14.3. The molecule has 1 aromatic rings. The number of nitrogens with one attached hydrogen (secondary N) is 1. The van der Waals surface area contributed by atoms with Crippen LogP contribution in [-0.4, -0.2) is 66.7 Å². The Morgan fingerprint density at radius 3 is 2.28 bits per heavy atom. The van der Waals surface area contributed by atoms with Crippen molar-refractivity contribution in [2.24, 2.45) is 17.1 Å². The molecule has 2 rings (SSSR count). The fourth-order valence-corrected chi connectivity index (χ4v) is 7.20. The summed E-state index contributed by atoms with van der Waals surface area (Å²) < 4.78 is 0. The Balaban J connectivity index is 2.31. The molecule has 0 bridgehead atoms. The topological polar surface area (TPSA) is 159 Å². The average Bonchev–Trinajstić information content (AvgIpc) is 3.44. The fraction of sp³-hybridized carbons (Fsp3) is 0.818. The van der Waals surface area contributed by atoms with E-state index in [0.717, 1.165) is 25.7 Å². The molecule has 0 radical (unpaired) electrons. The van der Waals surface area contributed by atoms with Crippen molar-refractivity contribution in [1.29, 1.82) is 0 Å². The normalized spacial score (nSPS) is 20.4. The number of aromatic amines is 1. The van der Waals surface area contributed by atoms with E-state index >= 15 is 0 Å². The molecule has 0 aliphatic carbocycles. The third-order valence-corrected chi connectivity index (χ3v) is 9.40. The van der Waals surface area contributed by atoms with Crippen molar-refractivity contribution in [1.82, 2.24) is 15.0 Å². The number of rotatable bonds is 22. The van der Waals surface area contributed by atoms with E-state index in [4.69, 9.17) is 15.7 Å². The van der Waals surface area contributed by atoms with Crippen molar-refractivity contribution in [2.75, 3.05) is 6.61 Å². The number of piperidine rings is 1. The molecular formula is C33H58N4O6. The Morgan fingerprint density at radius 2 is 1.67 bits per heavy atom. The van der Waals surface area contributed by atoms with Crippen molar-refractivity contribution in [3.8, 4) is 0 Å². The van der Waals surface area contributed by atoms with E-state index in [1.54, 1.807) is 6.20 Å². The summed E-state index contributed by atoms with van der Waals surface area (Å²) in [5.41, 5.74) is 4.40. The second-order valence-electron chi connectivity index (χ2n) is 13.6. The summed E-state index contributed by atoms with van der Waals surface area (Å²) in [6.07, 6.45) is 15.1. The molecule has 0 aromatic carbocycles. The number of unbranched alkanes of at least 4 members (excludes halogenated alkanes) is 9. The van der Waals surface area contributed by atoms with Crippen LogP contribution < -0.4 is 5.73 Å². The first-order chi connectivity index (χ1) is 20.3. The second-order valence-corrected chi connectivity index (χ2v) is 13.6. The van der Waals surface area contributed by atoms with Gasteiger partial charge in [-0.3, -0.25) is 19.2 Å². The van der Waals surface area contributed by atoms with Crippen LogP contribution in [-0.2, 0) is 25.6 Å². The average molecular weight is 607 g/mol. The van der Waals surface area contributed by atoms with Gasteiger partial charge in [0, 0.05) is 41.7 Å². The van der Waals surface area contributed by atoms with E-state index in [2.05, 4.69) is 30.7 Å². The molecule has 1 fully saturated rings. The Morgan fingerprint density at radius 1 is 1.05 bits per heavy atom. The zero-order valence-corrected chi connectivity index (χ0v) is 27.3. The molecule has 1 aliphatic heterocycles. The molecule has 3 atom stereocenters. The number of Topliss-reactive ketones (excluding diaryl/α,β-unsaturated/α-hetero) is 1. The fourth-order valence-electron chi connectivity index (χ4n) is 7.20. The Bertz CT molecular complexity index is 996. The van der Waals surface area contributed by atoms with Crippen molar-refractivity contribution >= 4 is 17.7 Å². The molecular weight excluding hydrogens is 548 g/mol. The standard InChI is InChI=1S/C33H58N4O6/c1-6-7-8-9-13-16-21-43-37-31(2,3)20-18-27(32(37,4)5)33(30(41)42,19-15-12-10-11-14-17-28(38)39)29(40)26(34)22-25-23-35-24-36-25/h23-24,26-27H,6-22,34H2,1-5H3,(H,35,36)(H,38,39)(H,41,42)/t26-,27?,33?/m0/s1. The molecule has 1 aliphatic rings. The highest BCUT2D eigenvalue weighted by molar-refractivity contribution is 6.06. The van der Waals surface area contributed by atoms with Gasteiger partial charge in [-0.2, -0.15) is 5.06 Å². The molecule has 1 saturated heterocycles. The first kappa shape index (κ1) is 36.9. The summed E-state index contributed by atoms with van der Waals surface area (Å²) in [4.78, 5) is 52.1. The van der Waals surface area contributed by atoms with E-state index in [-0.39, 0.29) is 24.8 Å². The van der Waals surface area contributed by atoms with Crippen LogP contribution in [0.3, 0.4) is 0 Å². The van der Waals surface area contributed by atoms with Crippen molar-refractivity contribution < 1.29 is 29.4 Å². The summed E-state index contributed by atoms with van der Waals surface area (Å²) in [6, 6.07) is -1.00. The number of hydrogen-bond acceptors (Lipinski definition) is 7. The number of ketones is 1. The number of aromatic nitrogens is 2. The molecule has 0 saturated carbocycles. The number of carboxylic acid groups (broad SMARTS) is 2. The van der Waals surface area contributed by atoms with Crippen LogP contribution in [0.15, 0.2) is 12.5 Å². The molecule has 10 heteroatoms. The van der Waals surface area contributed by atoms with Crippen LogP contribution in [0.1, 0.15) is 137 Å². The zero-order chi connectivity index (χ0) is 32.1. The van der Waals surface area contributed by atoms with E-state index in [9.17, 15) is 19.5 Å². The van der Waals surface area contributed by atoms with Crippen LogP contribution in [0, 0.1) is 11.3 Å². The van der Waals surface area contributed by atoms with Crippen LogP contribution >= 0.6 is 0 Å². The minimum atomic E-state index is -1.69. The number of carbonyl (C=O) groups is 3. The smallest absolute Gasteiger partial charge is 0.317 e. The van der Waals surface area contributed by atoms with Gasteiger partial charge in [0.1, 0.15) is 5.41 Å². The van der Waals surface area contributed by atoms with Crippen molar-refractivity contribution in [3.63, 3.8) is 0 Å². The maximum atomic E-state index is 14.3. The Labute approximate surface area is 258 Å². The third kappa shape index (κ3) is 10.1. The van der Waals surface area contributed by atoms with Gasteiger partial charge in [-0.25, -0.2) is 4.98 Å². The van der Waals surface area contributed by atoms with E-state index in [1.165, 1.54) is 32.0 Å². The number of H-pyrrole nitrogens is 1. The van der Waals surface area contributed by atoms with Crippen molar-refractivity contribution in [2.45, 2.75) is 154 Å². The monoisotopic (exact) mass is 606 g/mol. The quantitative estimate of drug-likeness (QED) is 0.0878. The minimum absolute atomic E-state index is 0.126. The lowest BCUT2D eigenvalue weighted by Gasteiger charge is -2.58. The van der Waals surface area contributed by atoms with Gasteiger partial charge in [-0.15, -0.1) is 0 Å². The summed E-state index contributed by atoms with van der Waals surface area (Å²) in [7, 11) is 0. The van der Waals surface area contributed by atoms with E-state index in [0.29, 0.717) is 44.4 Å². The van der Waals surface area contributed by atoms with Crippen LogP contribution in [0.5, 0.6) is 0 Å². The summed E-state index contributed by atoms with van der Waals surface area (Å²) >= 11 is 0. The highest BCUT2D eigenvalue weighted by Crippen LogP contribution is 2.52. The largest absolute Gasteiger partial charge is 0.481 e. The van der Waals surface area contributed by atoms with Gasteiger partial charge in [-0.1, -0.05) is 64.7 Å². The van der Waals surface area contributed by atoms with Crippen LogP contribution in [0.25, 0.3) is 0 Å². The number of carbonyl (C=O) groups excluding carboxylic acids is 1. The zero-order valence-electron chi connectivity index (χ0n) is 27.3. The molecule has 2 heterocycles. The minimum Gasteiger partial charge on any atom is -0.481 e. The summed E-state index contributed by atoms with van der Waals surface area (Å²) in [6.45, 7) is 11.0. The molecule has 5 N–H and O–H groups in total. The summed E-state index contributed by atoms with van der Waals surface area (Å²) in [5, 5.41) is 21.9. The van der Waals surface area contributed by atoms with Gasteiger partial charge >= 0.3 is 11.9 Å². The number of hydrogen-bond donors (Lipinski definition) is 4. The number of nitrogens with two attached hydrogens (primary N) is 1. The predicted octanol–water partition coefficient (Wildman–Crippen LogP) is 6.30. The molecule has 2 unspecified atom stereocenters. The highest BCUT2D eigenvalue weighted by atomic mass is 16.7. The number of aliphatic carboxylic acids is 2. The van der Waals surface area contributed by atoms with E-state index in [1.807, 2.05) is 18.9 Å². The molecule has 0 spiro atoms. The van der Waals surface area contributed by atoms with E-state index < -0.39 is 40.6 Å². The Kier molecular flexibility index (Phi) is 14.8. The van der Waals surface area contributed by atoms with Crippen molar-refractivity contribution in [3.05, 3.63) is 18.2 Å². The maximum Gasteiger partial charge on any atom is 0.317 e. The van der Waals surface area contributed by atoms with Crippen LogP contribution in [0.4, 0.5) is 0 Å². The number of nitrogens with zero attached hydrogens (tertiary/aromatic N) is 2. The van der Waals surface area contributed by atoms with Gasteiger partial charge in [0.25, 0.3) is 0 Å². The van der Waals surface area contributed by atoms with Gasteiger partial charge in [0.05, 0.1) is 19.0 Å². The SMILES string of the molecule is CCCCCCCCON1C(C)(C)CCC(C(CCCCCCCC(=O)O)(C(=O)O)C(=O)[C@@H](N)Cc2cnc[nH]2)C1(C)C. The highest BCUT2D eigenvalue weighted by Gasteiger charge is 2.62.